The molecule has 3 atom stereocenters. The van der Waals surface area contributed by atoms with Gasteiger partial charge in [0.2, 0.25) is 0 Å². The molecule has 0 amide bonds. The summed E-state index contributed by atoms with van der Waals surface area (Å²) < 4.78 is 14.7. The monoisotopic (exact) mass is 240 g/mol. The Labute approximate surface area is 88.4 Å². The van der Waals surface area contributed by atoms with Gasteiger partial charge in [-0.15, -0.1) is 0 Å². The lowest BCUT2D eigenvalue weighted by Gasteiger charge is -2.24. The lowest BCUT2D eigenvalue weighted by Crippen LogP contribution is -2.32. The van der Waals surface area contributed by atoms with Gasteiger partial charge in [-0.1, -0.05) is 20.4 Å². The second kappa shape index (κ2) is 5.63. The first-order valence-corrected chi connectivity index (χ1v) is 6.02. The van der Waals surface area contributed by atoms with Gasteiger partial charge in [-0.25, -0.2) is 4.57 Å². The quantitative estimate of drug-likeness (QED) is 0.395. The molecular weight excluding hydrogens is 223 g/mol. The van der Waals surface area contributed by atoms with Crippen molar-refractivity contribution in [3.63, 3.8) is 0 Å². The number of phosphoric ester groups is 1. The first kappa shape index (κ1) is 14.6. The molecule has 0 radical (unpaired) electrons. The lowest BCUT2D eigenvalue weighted by atomic mass is 9.97. The molecule has 6 nitrogen and oxygen atoms in total. The Morgan fingerprint density at radius 1 is 1.47 bits per heavy atom. The smallest absolute Gasteiger partial charge is 0.409 e. The predicted molar refractivity (Wildman–Crippen MR) is 53.7 cm³/mol. The Morgan fingerprint density at radius 3 is 2.27 bits per heavy atom. The van der Waals surface area contributed by atoms with Gasteiger partial charge >= 0.3 is 7.82 Å². The maximum absolute atomic E-state index is 10.5. The summed E-state index contributed by atoms with van der Waals surface area (Å²) in [5.74, 6) is -1.00. The highest BCUT2D eigenvalue weighted by Gasteiger charge is 2.28. The third-order valence-electron chi connectivity index (χ3n) is 2.07. The number of hydrogen-bond acceptors (Lipinski definition) is 4. The van der Waals surface area contributed by atoms with Gasteiger partial charge in [0, 0.05) is 5.92 Å². The molecule has 15 heavy (non-hydrogen) atoms. The highest BCUT2D eigenvalue weighted by atomic mass is 31.2. The first-order chi connectivity index (χ1) is 6.69. The molecular formula is C8H17O6P. The molecule has 7 heteroatoms. The van der Waals surface area contributed by atoms with Gasteiger partial charge in [-0.3, -0.25) is 9.79 Å². The van der Waals surface area contributed by atoms with Crippen LogP contribution in [0.25, 0.3) is 0 Å². The number of phosphoric acid groups is 1. The fourth-order valence-electron chi connectivity index (χ4n) is 1.00. The van der Waals surface area contributed by atoms with Gasteiger partial charge in [0.25, 0.3) is 0 Å². The Hall–Kier alpha value is -0.390. The van der Waals surface area contributed by atoms with Crippen molar-refractivity contribution in [2.75, 3.05) is 0 Å². The summed E-state index contributed by atoms with van der Waals surface area (Å²) >= 11 is 0. The molecule has 0 aliphatic heterocycles. The van der Waals surface area contributed by atoms with Crippen molar-refractivity contribution < 1.29 is 29.1 Å². The average Bonchev–Trinajstić information content (AvgIpc) is 2.11. The van der Waals surface area contributed by atoms with Crippen LogP contribution in [0.15, 0.2) is 12.3 Å². The van der Waals surface area contributed by atoms with E-state index in [1.54, 1.807) is 6.92 Å². The summed E-state index contributed by atoms with van der Waals surface area (Å²) in [6, 6.07) is 0. The maximum Gasteiger partial charge on any atom is 0.524 e. The zero-order chi connectivity index (χ0) is 12.2. The molecule has 0 spiro atoms. The van der Waals surface area contributed by atoms with E-state index in [4.69, 9.17) is 9.79 Å². The van der Waals surface area contributed by atoms with E-state index in [2.05, 4.69) is 11.1 Å². The van der Waals surface area contributed by atoms with Crippen LogP contribution in [0.3, 0.4) is 0 Å². The van der Waals surface area contributed by atoms with E-state index in [-0.39, 0.29) is 5.76 Å². The number of hydrogen-bond donors (Lipinski definition) is 4. The van der Waals surface area contributed by atoms with Gasteiger partial charge in [0.15, 0.2) is 0 Å². The Morgan fingerprint density at radius 2 is 1.93 bits per heavy atom. The summed E-state index contributed by atoms with van der Waals surface area (Å²) in [6.45, 7) is 6.43. The third kappa shape index (κ3) is 5.30. The molecule has 0 saturated carbocycles. The zero-order valence-corrected chi connectivity index (χ0v) is 9.59. The third-order valence-corrected chi connectivity index (χ3v) is 2.54. The minimum absolute atomic E-state index is 0.247. The van der Waals surface area contributed by atoms with E-state index in [0.29, 0.717) is 6.42 Å². The SMILES string of the molecule is C=C(OP(=O)(O)O)[C@H](C)[C@H](O)[C@H](O)CC. The standard InChI is InChI=1S/C8H17O6P/c1-4-7(9)8(10)5(2)6(3)14-15(11,12)13/h5,7-10H,3-4H2,1-2H3,(H2,11,12,13)/t5-,7+,8-/m0/s1. The molecule has 0 aliphatic rings. The highest BCUT2D eigenvalue weighted by molar-refractivity contribution is 7.46. The lowest BCUT2D eigenvalue weighted by molar-refractivity contribution is -0.0136. The fourth-order valence-corrected chi connectivity index (χ4v) is 1.47. The van der Waals surface area contributed by atoms with E-state index >= 15 is 0 Å². The normalized spacial score (nSPS) is 18.0. The van der Waals surface area contributed by atoms with Gasteiger partial charge in [-0.2, -0.15) is 0 Å². The molecule has 0 aliphatic carbocycles. The van der Waals surface area contributed by atoms with Crippen LogP contribution in [0.5, 0.6) is 0 Å². The summed E-state index contributed by atoms with van der Waals surface area (Å²) in [5.41, 5.74) is 0. The van der Waals surface area contributed by atoms with Gasteiger partial charge in [-0.05, 0) is 6.42 Å². The second-order valence-corrected chi connectivity index (χ2v) is 4.47. The largest absolute Gasteiger partial charge is 0.524 e. The highest BCUT2D eigenvalue weighted by Crippen LogP contribution is 2.40. The summed E-state index contributed by atoms with van der Waals surface area (Å²) in [5, 5.41) is 18.8. The van der Waals surface area contributed by atoms with Gasteiger partial charge in [0.1, 0.15) is 5.76 Å². The van der Waals surface area contributed by atoms with Crippen molar-refractivity contribution in [2.24, 2.45) is 5.92 Å². The van der Waals surface area contributed by atoms with Crippen LogP contribution in [0, 0.1) is 5.92 Å². The predicted octanol–water partition coefficient (Wildman–Crippen LogP) is 0.377. The Bertz CT molecular complexity index is 260. The molecule has 0 aromatic heterocycles. The Kier molecular flexibility index (Phi) is 5.48. The molecule has 0 unspecified atom stereocenters. The molecule has 0 aromatic rings. The van der Waals surface area contributed by atoms with E-state index in [0.717, 1.165) is 0 Å². The topological polar surface area (TPSA) is 107 Å². The molecule has 0 bridgehead atoms. The van der Waals surface area contributed by atoms with Crippen molar-refractivity contribution in [2.45, 2.75) is 32.5 Å². The zero-order valence-electron chi connectivity index (χ0n) is 8.70. The minimum Gasteiger partial charge on any atom is -0.409 e. The number of aliphatic hydroxyl groups is 2. The molecule has 90 valence electrons. The Balaban J connectivity index is 4.38. The van der Waals surface area contributed by atoms with E-state index in [1.807, 2.05) is 0 Å². The van der Waals surface area contributed by atoms with Crippen LogP contribution < -0.4 is 0 Å². The van der Waals surface area contributed by atoms with Crippen molar-refractivity contribution in [3.05, 3.63) is 12.3 Å². The van der Waals surface area contributed by atoms with E-state index in [1.165, 1.54) is 6.92 Å². The van der Waals surface area contributed by atoms with Crippen molar-refractivity contribution >= 4 is 7.82 Å². The van der Waals surface area contributed by atoms with Crippen LogP contribution in [-0.2, 0) is 9.09 Å². The molecule has 0 fully saturated rings. The number of aliphatic hydroxyl groups excluding tert-OH is 2. The average molecular weight is 240 g/mol. The van der Waals surface area contributed by atoms with Crippen LogP contribution in [-0.4, -0.2) is 32.2 Å². The molecule has 0 saturated heterocycles. The van der Waals surface area contributed by atoms with Crippen molar-refractivity contribution in [1.82, 2.24) is 0 Å². The molecule has 0 heterocycles. The second-order valence-electron chi connectivity index (χ2n) is 3.30. The summed E-state index contributed by atoms with van der Waals surface area (Å²) in [6.07, 6.45) is -1.81. The summed E-state index contributed by atoms with van der Waals surface area (Å²) in [7, 11) is -4.65. The van der Waals surface area contributed by atoms with E-state index < -0.39 is 25.9 Å². The number of rotatable bonds is 6. The van der Waals surface area contributed by atoms with E-state index in [9.17, 15) is 14.8 Å². The maximum atomic E-state index is 10.5. The minimum atomic E-state index is -4.65. The first-order valence-electron chi connectivity index (χ1n) is 4.49. The summed E-state index contributed by atoms with van der Waals surface area (Å²) in [4.78, 5) is 17.0. The fraction of sp³-hybridized carbons (Fsp3) is 0.750. The molecule has 0 aromatic carbocycles. The van der Waals surface area contributed by atoms with Crippen molar-refractivity contribution in [3.8, 4) is 0 Å². The van der Waals surface area contributed by atoms with Gasteiger partial charge in [0.05, 0.1) is 12.2 Å². The van der Waals surface area contributed by atoms with Crippen molar-refractivity contribution in [1.29, 1.82) is 0 Å². The molecule has 4 N–H and O–H groups in total. The molecule has 0 rings (SSSR count). The van der Waals surface area contributed by atoms with Crippen LogP contribution in [0.1, 0.15) is 20.3 Å². The van der Waals surface area contributed by atoms with Crippen LogP contribution in [0.4, 0.5) is 0 Å². The van der Waals surface area contributed by atoms with Gasteiger partial charge < -0.3 is 14.7 Å². The van der Waals surface area contributed by atoms with Crippen LogP contribution >= 0.6 is 7.82 Å². The van der Waals surface area contributed by atoms with Crippen LogP contribution in [0.2, 0.25) is 0 Å².